The summed E-state index contributed by atoms with van der Waals surface area (Å²) >= 11 is 1.31. The molecule has 6 heteroatoms. The summed E-state index contributed by atoms with van der Waals surface area (Å²) in [5.74, 6) is 5.54. The number of nitrogen functional groups attached to an aromatic ring is 1. The van der Waals surface area contributed by atoms with Crippen molar-refractivity contribution in [2.45, 2.75) is 17.6 Å². The minimum absolute atomic E-state index is 0.187. The number of rotatable bonds is 4. The van der Waals surface area contributed by atoms with Gasteiger partial charge in [-0.1, -0.05) is 12.1 Å². The van der Waals surface area contributed by atoms with Crippen LogP contribution in [0.3, 0.4) is 0 Å². The lowest BCUT2D eigenvalue weighted by Gasteiger charge is -2.00. The Bertz CT molecular complexity index is 598. The molecule has 0 atom stereocenters. The summed E-state index contributed by atoms with van der Waals surface area (Å²) in [4.78, 5) is 11.9. The first-order chi connectivity index (χ1) is 9.11. The van der Waals surface area contributed by atoms with Crippen LogP contribution >= 0.6 is 11.8 Å². The molecule has 0 saturated carbocycles. The van der Waals surface area contributed by atoms with Gasteiger partial charge in [-0.2, -0.15) is 0 Å². The van der Waals surface area contributed by atoms with Crippen molar-refractivity contribution < 1.29 is 13.6 Å². The van der Waals surface area contributed by atoms with E-state index in [4.69, 9.17) is 10.3 Å². The van der Waals surface area contributed by atoms with Crippen LogP contribution in [-0.4, -0.2) is 5.91 Å². The summed E-state index contributed by atoms with van der Waals surface area (Å²) in [7, 11) is 0. The molecule has 4 nitrogen and oxygen atoms in total. The van der Waals surface area contributed by atoms with E-state index < -0.39 is 5.91 Å². The monoisotopic (exact) mass is 280 g/mol. The molecule has 19 heavy (non-hydrogen) atoms. The van der Waals surface area contributed by atoms with Crippen molar-refractivity contribution in [3.05, 3.63) is 53.2 Å². The van der Waals surface area contributed by atoms with Gasteiger partial charge < -0.3 is 4.42 Å². The number of carbonyl (C=O) groups excluding carboxylic acids is 1. The van der Waals surface area contributed by atoms with Gasteiger partial charge in [0.1, 0.15) is 11.6 Å². The minimum atomic E-state index is -0.473. The van der Waals surface area contributed by atoms with Crippen molar-refractivity contribution in [3.8, 4) is 0 Å². The van der Waals surface area contributed by atoms with Gasteiger partial charge in [0.15, 0.2) is 5.76 Å². The van der Waals surface area contributed by atoms with Gasteiger partial charge in [0.25, 0.3) is 0 Å². The molecule has 1 heterocycles. The zero-order valence-electron chi connectivity index (χ0n) is 10.3. The maximum absolute atomic E-state index is 13.4. The van der Waals surface area contributed by atoms with Crippen LogP contribution < -0.4 is 11.3 Å². The smallest absolute Gasteiger partial charge is 0.301 e. The van der Waals surface area contributed by atoms with Gasteiger partial charge in [-0.25, -0.2) is 10.2 Å². The number of carbonyl (C=O) groups is 1. The largest absolute Gasteiger partial charge is 0.455 e. The van der Waals surface area contributed by atoms with Gasteiger partial charge in [0.2, 0.25) is 0 Å². The van der Waals surface area contributed by atoms with E-state index in [-0.39, 0.29) is 11.6 Å². The molecule has 0 aliphatic heterocycles. The van der Waals surface area contributed by atoms with Crippen molar-refractivity contribution in [1.82, 2.24) is 5.43 Å². The number of hydrogen-bond donors (Lipinski definition) is 2. The van der Waals surface area contributed by atoms with Gasteiger partial charge in [0.05, 0.1) is 5.75 Å². The quantitative estimate of drug-likeness (QED) is 0.391. The fourth-order valence-corrected chi connectivity index (χ4v) is 2.44. The number of amides is 1. The van der Waals surface area contributed by atoms with E-state index in [1.165, 1.54) is 17.8 Å². The molecular weight excluding hydrogens is 267 g/mol. The lowest BCUT2D eigenvalue weighted by Crippen LogP contribution is -2.30. The molecule has 2 aromatic rings. The number of furan rings is 1. The molecule has 0 fully saturated rings. The molecule has 0 bridgehead atoms. The number of hydrazine groups is 1. The van der Waals surface area contributed by atoms with Crippen molar-refractivity contribution in [3.63, 3.8) is 0 Å². The molecule has 1 amide bonds. The average molecular weight is 280 g/mol. The molecule has 3 N–H and O–H groups in total. The lowest BCUT2D eigenvalue weighted by atomic mass is 10.2. The third-order valence-corrected chi connectivity index (χ3v) is 3.58. The third kappa shape index (κ3) is 3.15. The van der Waals surface area contributed by atoms with Crippen molar-refractivity contribution in [2.24, 2.45) is 5.84 Å². The van der Waals surface area contributed by atoms with Gasteiger partial charge in [0, 0.05) is 10.5 Å². The van der Waals surface area contributed by atoms with Gasteiger partial charge in [-0.3, -0.25) is 10.2 Å². The van der Waals surface area contributed by atoms with Gasteiger partial charge >= 0.3 is 5.91 Å². The first-order valence-corrected chi connectivity index (χ1v) is 6.58. The zero-order chi connectivity index (χ0) is 13.8. The van der Waals surface area contributed by atoms with E-state index in [0.717, 1.165) is 0 Å². The Balaban J connectivity index is 2.09. The second-order valence-electron chi connectivity index (χ2n) is 3.92. The fourth-order valence-electron chi connectivity index (χ4n) is 1.62. The summed E-state index contributed by atoms with van der Waals surface area (Å²) in [6.07, 6.45) is 0. The number of halogens is 1. The number of thioether (sulfide) groups is 1. The van der Waals surface area contributed by atoms with Crippen LogP contribution in [0.2, 0.25) is 0 Å². The summed E-state index contributed by atoms with van der Waals surface area (Å²) in [5.41, 5.74) is 2.72. The molecule has 0 saturated heterocycles. The van der Waals surface area contributed by atoms with E-state index in [0.29, 0.717) is 22.0 Å². The van der Waals surface area contributed by atoms with Crippen LogP contribution in [0.5, 0.6) is 0 Å². The van der Waals surface area contributed by atoms with E-state index in [1.54, 1.807) is 31.2 Å². The van der Waals surface area contributed by atoms with E-state index in [2.05, 4.69) is 0 Å². The van der Waals surface area contributed by atoms with Gasteiger partial charge in [-0.05, 0) is 25.1 Å². The predicted octanol–water partition coefficient (Wildman–Crippen LogP) is 2.62. The molecule has 0 radical (unpaired) electrons. The highest BCUT2D eigenvalue weighted by Crippen LogP contribution is 2.27. The number of aryl methyl sites for hydroxylation is 1. The number of hydrogen-bond acceptors (Lipinski definition) is 4. The number of nitrogens with two attached hydrogens (primary N) is 1. The van der Waals surface area contributed by atoms with Crippen molar-refractivity contribution >= 4 is 17.7 Å². The molecule has 0 unspecified atom stereocenters. The molecule has 0 aliphatic rings. The maximum Gasteiger partial charge on any atom is 0.301 e. The Morgan fingerprint density at radius 2 is 2.21 bits per heavy atom. The molecule has 1 aromatic heterocycles. The number of nitrogens with one attached hydrogen (secondary N) is 1. The fraction of sp³-hybridized carbons (Fsp3) is 0.154. The highest BCUT2D eigenvalue weighted by atomic mass is 32.2. The first kappa shape index (κ1) is 13.6. The highest BCUT2D eigenvalue weighted by molar-refractivity contribution is 7.98. The topological polar surface area (TPSA) is 68.3 Å². The minimum Gasteiger partial charge on any atom is -0.455 e. The predicted molar refractivity (Wildman–Crippen MR) is 71.1 cm³/mol. The molecule has 1 aromatic carbocycles. The first-order valence-electron chi connectivity index (χ1n) is 5.59. The molecule has 0 spiro atoms. The Kier molecular flexibility index (Phi) is 4.24. The second-order valence-corrected chi connectivity index (χ2v) is 4.93. The maximum atomic E-state index is 13.4. The standard InChI is InChI=1S/C13H13FN2O2S/c1-8-6-9(18-12(8)13(17)16-15)7-19-11-5-3-2-4-10(11)14/h2-6H,7,15H2,1H3,(H,16,17). The van der Waals surface area contributed by atoms with Crippen molar-refractivity contribution in [2.75, 3.05) is 0 Å². The van der Waals surface area contributed by atoms with Crippen molar-refractivity contribution in [1.29, 1.82) is 0 Å². The number of benzene rings is 1. The summed E-state index contributed by atoms with van der Waals surface area (Å²) < 4.78 is 18.8. The van der Waals surface area contributed by atoms with Crippen LogP contribution in [-0.2, 0) is 5.75 Å². The van der Waals surface area contributed by atoms with Crippen LogP contribution in [0.1, 0.15) is 21.9 Å². The van der Waals surface area contributed by atoms with Gasteiger partial charge in [-0.15, -0.1) is 11.8 Å². The SMILES string of the molecule is Cc1cc(CSc2ccccc2F)oc1C(=O)NN. The second kappa shape index (κ2) is 5.90. The Morgan fingerprint density at radius 1 is 1.47 bits per heavy atom. The summed E-state index contributed by atoms with van der Waals surface area (Å²) in [5, 5.41) is 0. The van der Waals surface area contributed by atoms with Crippen LogP contribution in [0.4, 0.5) is 4.39 Å². The summed E-state index contributed by atoms with van der Waals surface area (Å²) in [6, 6.07) is 8.26. The zero-order valence-corrected chi connectivity index (χ0v) is 11.1. The molecule has 100 valence electrons. The average Bonchev–Trinajstić information content (AvgIpc) is 2.78. The third-order valence-electron chi connectivity index (χ3n) is 2.51. The van der Waals surface area contributed by atoms with Crippen LogP contribution in [0.25, 0.3) is 0 Å². The van der Waals surface area contributed by atoms with E-state index >= 15 is 0 Å². The molecule has 2 rings (SSSR count). The van der Waals surface area contributed by atoms with E-state index in [1.807, 2.05) is 5.43 Å². The highest BCUT2D eigenvalue weighted by Gasteiger charge is 2.15. The van der Waals surface area contributed by atoms with Crippen LogP contribution in [0, 0.1) is 12.7 Å². The molecule has 0 aliphatic carbocycles. The Hall–Kier alpha value is -1.79. The normalized spacial score (nSPS) is 10.5. The lowest BCUT2D eigenvalue weighted by molar-refractivity contribution is 0.0923. The van der Waals surface area contributed by atoms with E-state index in [9.17, 15) is 9.18 Å². The summed E-state index contributed by atoms with van der Waals surface area (Å²) in [6.45, 7) is 1.76. The Labute approximate surface area is 114 Å². The molecular formula is C13H13FN2O2S. The van der Waals surface area contributed by atoms with Crippen LogP contribution in [0.15, 0.2) is 39.6 Å². The Morgan fingerprint density at radius 3 is 2.89 bits per heavy atom.